The fourth-order valence-electron chi connectivity index (χ4n) is 7.69. The zero-order chi connectivity index (χ0) is 35.2. The Morgan fingerprint density at radius 3 is 1.69 bits per heavy atom. The molecule has 248 valence electrons. The molecule has 0 aliphatic rings. The predicted octanol–water partition coefficient (Wildman–Crippen LogP) is 11.9. The molecule has 4 nitrogen and oxygen atoms in total. The molecule has 8 aromatic carbocycles. The zero-order valence-electron chi connectivity index (χ0n) is 28.8. The lowest BCUT2D eigenvalue weighted by atomic mass is 9.95. The van der Waals surface area contributed by atoms with E-state index < -0.39 is 0 Å². The number of para-hydroxylation sites is 3. The molecule has 52 heavy (non-hydrogen) atoms. The maximum Gasteiger partial charge on any atom is 0.0705 e. The molecule has 0 aliphatic heterocycles. The van der Waals surface area contributed by atoms with E-state index in [4.69, 9.17) is 11.1 Å². The Morgan fingerprint density at radius 2 is 1.00 bits per heavy atom. The molecule has 2 aromatic heterocycles. The van der Waals surface area contributed by atoms with Crippen LogP contribution in [0.2, 0.25) is 0 Å². The van der Waals surface area contributed by atoms with Gasteiger partial charge in [-0.15, -0.1) is 0 Å². The van der Waals surface area contributed by atoms with Crippen LogP contribution < -0.4 is 5.73 Å². The topological polar surface area (TPSA) is 59.7 Å². The minimum absolute atomic E-state index is 0.447. The van der Waals surface area contributed by atoms with Gasteiger partial charge in [0.25, 0.3) is 0 Å². The number of benzene rings is 8. The van der Waals surface area contributed by atoms with E-state index in [1.54, 1.807) is 0 Å². The summed E-state index contributed by atoms with van der Waals surface area (Å²) in [5.41, 5.74) is 17.7. The third-order valence-electron chi connectivity index (χ3n) is 10.3. The quantitative estimate of drug-likeness (QED) is 0.142. The summed E-state index contributed by atoms with van der Waals surface area (Å²) in [6, 6.07) is 63.0. The van der Waals surface area contributed by atoms with Crippen molar-refractivity contribution in [1.29, 1.82) is 5.41 Å². The Labute approximate surface area is 302 Å². The first-order valence-electron chi connectivity index (χ1n) is 17.6. The normalized spacial score (nSPS) is 11.3. The van der Waals surface area contributed by atoms with Crippen LogP contribution in [0.4, 0.5) is 5.69 Å². The molecule has 4 heteroatoms. The Bertz CT molecular complexity index is 2880. The average molecular weight is 669 g/mol. The fourth-order valence-corrected chi connectivity index (χ4v) is 7.69. The van der Waals surface area contributed by atoms with Crippen LogP contribution in [0.5, 0.6) is 0 Å². The molecule has 10 aromatic rings. The van der Waals surface area contributed by atoms with Crippen LogP contribution in [-0.2, 0) is 7.05 Å². The summed E-state index contributed by atoms with van der Waals surface area (Å²) in [6.07, 6.45) is 0. The van der Waals surface area contributed by atoms with E-state index in [1.165, 1.54) is 54.9 Å². The minimum Gasteiger partial charge on any atom is -0.398 e. The number of rotatable bonds is 4. The van der Waals surface area contributed by atoms with Crippen molar-refractivity contribution in [2.75, 3.05) is 5.73 Å². The van der Waals surface area contributed by atoms with Gasteiger partial charge in [-0.25, -0.2) is 0 Å². The first-order chi connectivity index (χ1) is 25.6. The Morgan fingerprint density at radius 1 is 0.462 bits per heavy atom. The van der Waals surface area contributed by atoms with E-state index in [0.29, 0.717) is 11.4 Å². The molecule has 0 saturated carbocycles. The molecule has 10 rings (SSSR count). The third-order valence-corrected chi connectivity index (χ3v) is 10.3. The van der Waals surface area contributed by atoms with Crippen LogP contribution in [0.1, 0.15) is 11.1 Å². The number of nitrogen functional groups attached to an aromatic ring is 1. The fraction of sp³-hybridized carbons (Fsp3) is 0.0208. The van der Waals surface area contributed by atoms with Gasteiger partial charge in [0.05, 0.1) is 27.9 Å². The van der Waals surface area contributed by atoms with E-state index >= 15 is 0 Å². The summed E-state index contributed by atoms with van der Waals surface area (Å²) in [7, 11) is 2.15. The molecule has 0 spiro atoms. The maximum atomic E-state index is 8.58. The number of nitrogens with zero attached hydrogens (tertiary/aromatic N) is 2. The minimum atomic E-state index is 0.447. The Kier molecular flexibility index (Phi) is 7.63. The van der Waals surface area contributed by atoms with E-state index in [2.05, 4.69) is 131 Å². The molecular formula is C48H36N4. The summed E-state index contributed by atoms with van der Waals surface area (Å²) < 4.78 is 4.71. The Hall–Kier alpha value is -6.91. The van der Waals surface area contributed by atoms with Crippen molar-refractivity contribution < 1.29 is 0 Å². The van der Waals surface area contributed by atoms with Crippen LogP contribution in [0, 0.1) is 5.41 Å². The first kappa shape index (κ1) is 31.1. The molecule has 0 radical (unpaired) electrons. The zero-order valence-corrected chi connectivity index (χ0v) is 28.8. The third kappa shape index (κ3) is 5.12. The highest BCUT2D eigenvalue weighted by Gasteiger charge is 2.17. The number of aryl methyl sites for hydroxylation is 1. The molecule has 2 heterocycles. The number of hydrogen-bond donors (Lipinski definition) is 2. The number of nitrogens with one attached hydrogen (secondary N) is 1. The van der Waals surface area contributed by atoms with Crippen molar-refractivity contribution in [2.24, 2.45) is 7.05 Å². The summed E-state index contributed by atoms with van der Waals surface area (Å²) in [5, 5.41) is 15.9. The predicted molar refractivity (Wildman–Crippen MR) is 221 cm³/mol. The number of nitrogens with two attached hydrogens (primary N) is 1. The highest BCUT2D eigenvalue weighted by atomic mass is 15.0. The van der Waals surface area contributed by atoms with Gasteiger partial charge in [0.1, 0.15) is 0 Å². The highest BCUT2D eigenvalue weighted by molar-refractivity contribution is 6.18. The van der Waals surface area contributed by atoms with Crippen LogP contribution in [0.15, 0.2) is 182 Å². The lowest BCUT2D eigenvalue weighted by molar-refractivity contribution is 1.01. The van der Waals surface area contributed by atoms with Gasteiger partial charge in [-0.1, -0.05) is 152 Å². The SMILES string of the molecule is Cn1c2ccccc2c2c(-n3c4ccccc4c4ccccc43)cccc21.N=C(c1ccc(-c2ccccc2)cc1)c1ccc2ccccc2c1N. The van der Waals surface area contributed by atoms with Crippen molar-refractivity contribution >= 4 is 65.8 Å². The van der Waals surface area contributed by atoms with Crippen molar-refractivity contribution in [1.82, 2.24) is 9.13 Å². The first-order valence-corrected chi connectivity index (χ1v) is 17.6. The number of fused-ring (bicyclic) bond motifs is 7. The van der Waals surface area contributed by atoms with Crippen LogP contribution in [0.25, 0.3) is 71.2 Å². The molecule has 0 saturated heterocycles. The van der Waals surface area contributed by atoms with Crippen molar-refractivity contribution in [3.63, 3.8) is 0 Å². The monoisotopic (exact) mass is 668 g/mol. The van der Waals surface area contributed by atoms with Gasteiger partial charge in [-0.05, 0) is 46.8 Å². The molecule has 0 aliphatic carbocycles. The Balaban J connectivity index is 0.000000139. The lowest BCUT2D eigenvalue weighted by Crippen LogP contribution is -2.05. The van der Waals surface area contributed by atoms with Crippen molar-refractivity contribution in [3.05, 3.63) is 193 Å². The second-order valence-electron chi connectivity index (χ2n) is 13.2. The standard InChI is InChI=1S/C25H18N2.C23H18N2/c1-26-20-12-5-4-11-19(20)25-23(26)15-8-16-24(25)27-21-13-6-2-9-17(21)18-10-3-7-14-22(18)27;24-22(21-15-14-18-8-4-5-9-20(18)23(21)25)19-12-10-17(11-13-19)16-6-2-1-3-7-16/h2-16H,1H3;1-15,24H,25H2. The largest absolute Gasteiger partial charge is 0.398 e. The summed E-state index contributed by atoms with van der Waals surface area (Å²) in [5.74, 6) is 0. The van der Waals surface area contributed by atoms with Gasteiger partial charge in [0, 0.05) is 56.3 Å². The maximum absolute atomic E-state index is 8.58. The highest BCUT2D eigenvalue weighted by Crippen LogP contribution is 2.38. The van der Waals surface area contributed by atoms with Gasteiger partial charge in [0.2, 0.25) is 0 Å². The van der Waals surface area contributed by atoms with Crippen LogP contribution >= 0.6 is 0 Å². The molecular weight excluding hydrogens is 633 g/mol. The van der Waals surface area contributed by atoms with Gasteiger partial charge in [-0.3, -0.25) is 5.41 Å². The van der Waals surface area contributed by atoms with Gasteiger partial charge < -0.3 is 14.9 Å². The van der Waals surface area contributed by atoms with Crippen molar-refractivity contribution in [2.45, 2.75) is 0 Å². The van der Waals surface area contributed by atoms with Crippen LogP contribution in [0.3, 0.4) is 0 Å². The smallest absolute Gasteiger partial charge is 0.0705 e. The van der Waals surface area contributed by atoms with Gasteiger partial charge in [-0.2, -0.15) is 0 Å². The molecule has 0 atom stereocenters. The molecule has 0 amide bonds. The second-order valence-corrected chi connectivity index (χ2v) is 13.2. The van der Waals surface area contributed by atoms with Gasteiger partial charge >= 0.3 is 0 Å². The summed E-state index contributed by atoms with van der Waals surface area (Å²) in [6.45, 7) is 0. The number of aromatic nitrogens is 2. The average Bonchev–Trinajstić information content (AvgIpc) is 3.70. The van der Waals surface area contributed by atoms with E-state index in [1.807, 2.05) is 66.7 Å². The van der Waals surface area contributed by atoms with Gasteiger partial charge in [0.15, 0.2) is 0 Å². The molecule has 0 unspecified atom stereocenters. The molecule has 0 fully saturated rings. The van der Waals surface area contributed by atoms with Crippen LogP contribution in [-0.4, -0.2) is 14.8 Å². The van der Waals surface area contributed by atoms with E-state index in [9.17, 15) is 0 Å². The van der Waals surface area contributed by atoms with Crippen molar-refractivity contribution in [3.8, 4) is 16.8 Å². The lowest BCUT2D eigenvalue weighted by Gasteiger charge is -2.11. The second kappa shape index (κ2) is 12.8. The number of anilines is 1. The molecule has 0 bridgehead atoms. The van der Waals surface area contributed by atoms with E-state index in [0.717, 1.165) is 27.5 Å². The summed E-state index contributed by atoms with van der Waals surface area (Å²) >= 11 is 0. The van der Waals surface area contributed by atoms with E-state index in [-0.39, 0.29) is 0 Å². The summed E-state index contributed by atoms with van der Waals surface area (Å²) in [4.78, 5) is 0. The number of hydrogen-bond acceptors (Lipinski definition) is 2. The molecule has 3 N–H and O–H groups in total.